The first-order valence-electron chi connectivity index (χ1n) is 9.93. The van der Waals surface area contributed by atoms with Gasteiger partial charge in [0.05, 0.1) is 23.4 Å². The number of nitro groups is 1. The monoisotopic (exact) mass is 421 g/mol. The minimum Gasteiger partial charge on any atom is -0.494 e. The number of benzene rings is 2. The van der Waals surface area contributed by atoms with Crippen LogP contribution in [0.2, 0.25) is 0 Å². The molecule has 0 saturated heterocycles. The average Bonchev–Trinajstić information content (AvgIpc) is 3.28. The van der Waals surface area contributed by atoms with E-state index >= 15 is 0 Å². The van der Waals surface area contributed by atoms with E-state index < -0.39 is 10.8 Å². The molecule has 0 saturated carbocycles. The van der Waals surface area contributed by atoms with Crippen molar-refractivity contribution in [2.45, 2.75) is 26.2 Å². The number of aromatic nitrogens is 2. The number of nitrogens with one attached hydrogen (secondary N) is 2. The van der Waals surface area contributed by atoms with E-state index in [0.717, 1.165) is 30.6 Å². The Bertz CT molecular complexity index is 1040. The highest BCUT2D eigenvalue weighted by atomic mass is 16.6. The zero-order valence-electron chi connectivity index (χ0n) is 17.1. The molecule has 9 heteroatoms. The van der Waals surface area contributed by atoms with Crippen LogP contribution in [0.25, 0.3) is 11.3 Å². The standard InChI is InChI=1S/C22H23N5O4/c1-2-3-4-13-31-19-11-7-17(8-12-19)20-14-21(25-24-20)22(28)26-23-15-16-5-9-18(10-6-16)27(29)30/h5-12,14-15H,2-4,13H2,1H3,(H,24,25)(H,26,28). The number of carbonyl (C=O) groups excluding carboxylic acids is 1. The lowest BCUT2D eigenvalue weighted by Gasteiger charge is -2.06. The smallest absolute Gasteiger partial charge is 0.289 e. The quantitative estimate of drug-likeness (QED) is 0.218. The largest absolute Gasteiger partial charge is 0.494 e. The number of nitro benzene ring substituents is 1. The lowest BCUT2D eigenvalue weighted by atomic mass is 10.1. The molecule has 0 fully saturated rings. The fourth-order valence-electron chi connectivity index (χ4n) is 2.76. The molecule has 160 valence electrons. The average molecular weight is 421 g/mol. The van der Waals surface area contributed by atoms with E-state index in [1.807, 2.05) is 24.3 Å². The molecule has 0 atom stereocenters. The first-order valence-corrected chi connectivity index (χ1v) is 9.93. The molecule has 0 aliphatic rings. The van der Waals surface area contributed by atoms with Crippen LogP contribution in [-0.4, -0.2) is 33.8 Å². The molecule has 1 aromatic heterocycles. The van der Waals surface area contributed by atoms with Crippen LogP contribution in [0.1, 0.15) is 42.2 Å². The number of carbonyl (C=O) groups is 1. The summed E-state index contributed by atoms with van der Waals surface area (Å²) in [6.45, 7) is 2.85. The fraction of sp³-hybridized carbons (Fsp3) is 0.227. The second kappa shape index (κ2) is 10.7. The third-order valence-electron chi connectivity index (χ3n) is 4.47. The molecule has 0 radical (unpaired) electrons. The minimum absolute atomic E-state index is 0.0118. The van der Waals surface area contributed by atoms with Crippen molar-refractivity contribution in [1.29, 1.82) is 0 Å². The molecule has 2 aromatic carbocycles. The fourth-order valence-corrected chi connectivity index (χ4v) is 2.76. The summed E-state index contributed by atoms with van der Waals surface area (Å²) in [7, 11) is 0. The van der Waals surface area contributed by atoms with Gasteiger partial charge in [-0.3, -0.25) is 20.0 Å². The van der Waals surface area contributed by atoms with Crippen molar-refractivity contribution in [3.8, 4) is 17.0 Å². The number of ether oxygens (including phenoxy) is 1. The summed E-state index contributed by atoms with van der Waals surface area (Å²) >= 11 is 0. The number of aromatic amines is 1. The van der Waals surface area contributed by atoms with E-state index in [0.29, 0.717) is 17.9 Å². The number of hydrogen-bond donors (Lipinski definition) is 2. The molecule has 31 heavy (non-hydrogen) atoms. The first-order chi connectivity index (χ1) is 15.1. The number of hydrazone groups is 1. The molecule has 0 aliphatic carbocycles. The van der Waals surface area contributed by atoms with Crippen LogP contribution in [-0.2, 0) is 0 Å². The van der Waals surface area contributed by atoms with Crippen molar-refractivity contribution in [3.63, 3.8) is 0 Å². The van der Waals surface area contributed by atoms with Gasteiger partial charge in [0.1, 0.15) is 11.4 Å². The van der Waals surface area contributed by atoms with Gasteiger partial charge in [0.2, 0.25) is 0 Å². The summed E-state index contributed by atoms with van der Waals surface area (Å²) in [5.41, 5.74) is 4.74. The zero-order valence-corrected chi connectivity index (χ0v) is 17.1. The summed E-state index contributed by atoms with van der Waals surface area (Å²) in [4.78, 5) is 22.4. The van der Waals surface area contributed by atoms with Crippen molar-refractivity contribution in [3.05, 3.63) is 76.0 Å². The summed E-state index contributed by atoms with van der Waals surface area (Å²) < 4.78 is 5.70. The maximum absolute atomic E-state index is 12.2. The molecule has 2 N–H and O–H groups in total. The molecule has 0 unspecified atom stereocenters. The van der Waals surface area contributed by atoms with Crippen molar-refractivity contribution >= 4 is 17.8 Å². The van der Waals surface area contributed by atoms with Gasteiger partial charge in [-0.2, -0.15) is 10.2 Å². The molecule has 1 heterocycles. The topological polar surface area (TPSA) is 123 Å². The number of hydrogen-bond acceptors (Lipinski definition) is 6. The third-order valence-corrected chi connectivity index (χ3v) is 4.47. The van der Waals surface area contributed by atoms with Crippen molar-refractivity contribution < 1.29 is 14.5 Å². The second-order valence-electron chi connectivity index (χ2n) is 6.79. The van der Waals surface area contributed by atoms with Crippen LogP contribution < -0.4 is 10.2 Å². The molecule has 9 nitrogen and oxygen atoms in total. The highest BCUT2D eigenvalue weighted by Gasteiger charge is 2.10. The summed E-state index contributed by atoms with van der Waals surface area (Å²) in [5, 5.41) is 21.4. The Kier molecular flexibility index (Phi) is 7.47. The molecule has 1 amide bonds. The van der Waals surface area contributed by atoms with Gasteiger partial charge in [-0.25, -0.2) is 5.43 Å². The van der Waals surface area contributed by atoms with Gasteiger partial charge in [0.25, 0.3) is 11.6 Å². The van der Waals surface area contributed by atoms with Gasteiger partial charge in [-0.1, -0.05) is 19.8 Å². The van der Waals surface area contributed by atoms with E-state index in [2.05, 4.69) is 27.6 Å². The Hall–Kier alpha value is -4.01. The van der Waals surface area contributed by atoms with E-state index in [4.69, 9.17) is 4.74 Å². The Labute approximate surface area is 179 Å². The maximum atomic E-state index is 12.2. The Morgan fingerprint density at radius 3 is 2.61 bits per heavy atom. The van der Waals surface area contributed by atoms with Gasteiger partial charge < -0.3 is 4.74 Å². The van der Waals surface area contributed by atoms with Gasteiger partial charge >= 0.3 is 0 Å². The molecule has 0 bridgehead atoms. The lowest BCUT2D eigenvalue weighted by Crippen LogP contribution is -2.17. The molecule has 0 spiro atoms. The minimum atomic E-state index is -0.479. The van der Waals surface area contributed by atoms with Crippen molar-refractivity contribution in [2.75, 3.05) is 6.61 Å². The highest BCUT2D eigenvalue weighted by Crippen LogP contribution is 2.21. The number of unbranched alkanes of at least 4 members (excludes halogenated alkanes) is 2. The number of rotatable bonds is 10. The molecular formula is C22H23N5O4. The summed E-state index contributed by atoms with van der Waals surface area (Å²) in [5.74, 6) is 0.349. The van der Waals surface area contributed by atoms with E-state index in [9.17, 15) is 14.9 Å². The Morgan fingerprint density at radius 2 is 1.94 bits per heavy atom. The van der Waals surface area contributed by atoms with Crippen molar-refractivity contribution in [1.82, 2.24) is 15.6 Å². The zero-order chi connectivity index (χ0) is 22.1. The van der Waals surface area contributed by atoms with Crippen LogP contribution in [0.15, 0.2) is 59.7 Å². The predicted octanol–water partition coefficient (Wildman–Crippen LogP) is 4.32. The van der Waals surface area contributed by atoms with Gasteiger partial charge in [-0.15, -0.1) is 0 Å². The van der Waals surface area contributed by atoms with Crippen LogP contribution in [0.3, 0.4) is 0 Å². The predicted molar refractivity (Wildman–Crippen MR) is 117 cm³/mol. The van der Waals surface area contributed by atoms with Gasteiger partial charge in [0, 0.05) is 17.7 Å². The summed E-state index contributed by atoms with van der Waals surface area (Å²) in [6.07, 6.45) is 4.73. The van der Waals surface area contributed by atoms with E-state index in [-0.39, 0.29) is 11.4 Å². The molecule has 3 rings (SSSR count). The number of non-ortho nitro benzene ring substituents is 1. The van der Waals surface area contributed by atoms with Gasteiger partial charge in [-0.05, 0) is 54.4 Å². The van der Waals surface area contributed by atoms with Crippen LogP contribution in [0.5, 0.6) is 5.75 Å². The number of H-pyrrole nitrogens is 1. The molecule has 0 aliphatic heterocycles. The number of amides is 1. The van der Waals surface area contributed by atoms with Crippen LogP contribution in [0, 0.1) is 10.1 Å². The summed E-state index contributed by atoms with van der Waals surface area (Å²) in [6, 6.07) is 15.0. The molecule has 3 aromatic rings. The van der Waals surface area contributed by atoms with Crippen LogP contribution in [0.4, 0.5) is 5.69 Å². The number of nitrogens with zero attached hydrogens (tertiary/aromatic N) is 3. The Morgan fingerprint density at radius 1 is 1.19 bits per heavy atom. The van der Waals surface area contributed by atoms with E-state index in [1.165, 1.54) is 18.3 Å². The Balaban J connectivity index is 1.54. The third kappa shape index (κ3) is 6.23. The highest BCUT2D eigenvalue weighted by molar-refractivity contribution is 5.94. The van der Waals surface area contributed by atoms with Crippen molar-refractivity contribution in [2.24, 2.45) is 5.10 Å². The lowest BCUT2D eigenvalue weighted by molar-refractivity contribution is -0.384. The SMILES string of the molecule is CCCCCOc1ccc(-c2cc(C(=O)NN=Cc3ccc([N+](=O)[O-])cc3)[nH]n2)cc1. The normalized spacial score (nSPS) is 10.9. The van der Waals surface area contributed by atoms with Crippen LogP contribution >= 0.6 is 0 Å². The first kappa shape index (κ1) is 21.7. The molecular weight excluding hydrogens is 398 g/mol. The van der Waals surface area contributed by atoms with Gasteiger partial charge in [0.15, 0.2) is 0 Å². The van der Waals surface area contributed by atoms with E-state index in [1.54, 1.807) is 18.2 Å². The maximum Gasteiger partial charge on any atom is 0.289 e. The second-order valence-corrected chi connectivity index (χ2v) is 6.79.